The minimum absolute atomic E-state index is 0.0266. The normalized spacial score (nSPS) is 13.2. The van der Waals surface area contributed by atoms with E-state index in [0.717, 1.165) is 6.42 Å². The minimum Gasteiger partial charge on any atom is -0.380 e. The first-order valence-corrected chi connectivity index (χ1v) is 8.31. The number of amides is 1. The molecule has 2 unspecified atom stereocenters. The van der Waals surface area contributed by atoms with Gasteiger partial charge in [0.05, 0.1) is 12.5 Å². The molecule has 0 heterocycles. The Morgan fingerprint density at radius 3 is 2.29 bits per heavy atom. The van der Waals surface area contributed by atoms with Crippen LogP contribution < -0.4 is 11.1 Å². The molecule has 0 bridgehead atoms. The topological polar surface area (TPSA) is 64.3 Å². The average molecular weight is 326 g/mol. The van der Waals surface area contributed by atoms with Gasteiger partial charge in [-0.3, -0.25) is 4.79 Å². The van der Waals surface area contributed by atoms with Crippen LogP contribution in [0.1, 0.15) is 23.5 Å². The maximum Gasteiger partial charge on any atom is 0.222 e. The fourth-order valence-corrected chi connectivity index (χ4v) is 2.71. The van der Waals surface area contributed by atoms with Crippen molar-refractivity contribution < 1.29 is 9.53 Å². The summed E-state index contributed by atoms with van der Waals surface area (Å²) in [4.78, 5) is 12.1. The van der Waals surface area contributed by atoms with E-state index in [9.17, 15) is 4.79 Å². The molecule has 128 valence electrons. The van der Waals surface area contributed by atoms with Crippen molar-refractivity contribution in [1.29, 1.82) is 0 Å². The molecule has 0 aliphatic rings. The summed E-state index contributed by atoms with van der Waals surface area (Å²) < 4.78 is 5.17. The molecule has 0 fully saturated rings. The standard InChI is InChI=1S/C20H26N2O2/c1-24-19(14-21)13-20(23)22-15-18(17-10-6-3-7-11-17)12-16-8-4-2-5-9-16/h2-11,18-19H,12-15,21H2,1H3,(H,22,23). The molecule has 4 heteroatoms. The molecule has 0 aromatic heterocycles. The van der Waals surface area contributed by atoms with Crippen molar-refractivity contribution in [2.24, 2.45) is 5.73 Å². The Morgan fingerprint density at radius 2 is 1.71 bits per heavy atom. The second-order valence-electron chi connectivity index (χ2n) is 5.90. The van der Waals surface area contributed by atoms with E-state index in [2.05, 4.69) is 29.6 Å². The quantitative estimate of drug-likeness (QED) is 0.744. The van der Waals surface area contributed by atoms with Gasteiger partial charge in [0.25, 0.3) is 0 Å². The first kappa shape index (κ1) is 18.2. The molecule has 2 atom stereocenters. The number of hydrogen-bond acceptors (Lipinski definition) is 3. The van der Waals surface area contributed by atoms with E-state index >= 15 is 0 Å². The van der Waals surface area contributed by atoms with Crippen molar-refractivity contribution in [3.63, 3.8) is 0 Å². The number of methoxy groups -OCH3 is 1. The van der Waals surface area contributed by atoms with Crippen molar-refractivity contribution in [3.05, 3.63) is 71.8 Å². The molecular weight excluding hydrogens is 300 g/mol. The molecule has 0 radical (unpaired) electrons. The summed E-state index contributed by atoms with van der Waals surface area (Å²) in [5.41, 5.74) is 8.06. The zero-order valence-electron chi connectivity index (χ0n) is 14.2. The highest BCUT2D eigenvalue weighted by Gasteiger charge is 2.16. The van der Waals surface area contributed by atoms with Gasteiger partial charge in [-0.2, -0.15) is 0 Å². The Kier molecular flexibility index (Phi) is 7.46. The molecule has 0 aliphatic carbocycles. The van der Waals surface area contributed by atoms with Crippen LogP contribution in [-0.4, -0.2) is 32.2 Å². The minimum atomic E-state index is -0.228. The monoisotopic (exact) mass is 326 g/mol. The summed E-state index contributed by atoms with van der Waals surface area (Å²) >= 11 is 0. The van der Waals surface area contributed by atoms with E-state index in [1.54, 1.807) is 7.11 Å². The summed E-state index contributed by atoms with van der Waals surface area (Å²) in [5, 5.41) is 3.03. The molecular formula is C20H26N2O2. The second kappa shape index (κ2) is 9.85. The first-order chi connectivity index (χ1) is 11.7. The Hall–Kier alpha value is -2.17. The fraction of sp³-hybridized carbons (Fsp3) is 0.350. The number of ether oxygens (including phenoxy) is 1. The van der Waals surface area contributed by atoms with Crippen LogP contribution in [0.25, 0.3) is 0 Å². The SMILES string of the molecule is COC(CN)CC(=O)NCC(Cc1ccccc1)c1ccccc1. The molecule has 0 saturated heterocycles. The number of benzene rings is 2. The Bertz CT molecular complexity index is 598. The Morgan fingerprint density at radius 1 is 1.08 bits per heavy atom. The van der Waals surface area contributed by atoms with Crippen LogP contribution in [0.5, 0.6) is 0 Å². The van der Waals surface area contributed by atoms with E-state index in [0.29, 0.717) is 19.5 Å². The lowest BCUT2D eigenvalue weighted by atomic mass is 9.92. The molecule has 0 aliphatic heterocycles. The predicted octanol–water partition coefficient (Wildman–Crippen LogP) is 2.49. The predicted molar refractivity (Wildman–Crippen MR) is 96.8 cm³/mol. The highest BCUT2D eigenvalue weighted by molar-refractivity contribution is 5.76. The highest BCUT2D eigenvalue weighted by atomic mass is 16.5. The number of rotatable bonds is 9. The van der Waals surface area contributed by atoms with Gasteiger partial charge in [0.15, 0.2) is 0 Å². The average Bonchev–Trinajstić information content (AvgIpc) is 2.64. The lowest BCUT2D eigenvalue weighted by Gasteiger charge is -2.19. The Balaban J connectivity index is 2.00. The molecule has 2 rings (SSSR count). The summed E-state index contributed by atoms with van der Waals surface area (Å²) in [5.74, 6) is 0.206. The zero-order valence-corrected chi connectivity index (χ0v) is 14.2. The van der Waals surface area contributed by atoms with E-state index in [1.807, 2.05) is 36.4 Å². The van der Waals surface area contributed by atoms with Gasteiger partial charge >= 0.3 is 0 Å². The van der Waals surface area contributed by atoms with Crippen LogP contribution >= 0.6 is 0 Å². The van der Waals surface area contributed by atoms with Crippen LogP contribution in [0.4, 0.5) is 0 Å². The van der Waals surface area contributed by atoms with Crippen LogP contribution in [0.3, 0.4) is 0 Å². The van der Waals surface area contributed by atoms with Crippen molar-refractivity contribution in [1.82, 2.24) is 5.32 Å². The summed E-state index contributed by atoms with van der Waals surface area (Å²) in [6, 6.07) is 20.6. The molecule has 0 saturated carbocycles. The van der Waals surface area contributed by atoms with E-state index < -0.39 is 0 Å². The van der Waals surface area contributed by atoms with Crippen molar-refractivity contribution in [3.8, 4) is 0 Å². The lowest BCUT2D eigenvalue weighted by Crippen LogP contribution is -2.34. The van der Waals surface area contributed by atoms with Crippen LogP contribution in [0, 0.1) is 0 Å². The molecule has 3 N–H and O–H groups in total. The third kappa shape index (κ3) is 5.80. The van der Waals surface area contributed by atoms with Gasteiger partial charge in [0, 0.05) is 26.1 Å². The van der Waals surface area contributed by atoms with Gasteiger partial charge < -0.3 is 15.8 Å². The van der Waals surface area contributed by atoms with Gasteiger partial charge in [0.2, 0.25) is 5.91 Å². The molecule has 2 aromatic rings. The molecule has 2 aromatic carbocycles. The molecule has 1 amide bonds. The van der Waals surface area contributed by atoms with Crippen molar-refractivity contribution in [2.45, 2.75) is 24.9 Å². The number of carbonyl (C=O) groups is 1. The maximum absolute atomic E-state index is 12.1. The first-order valence-electron chi connectivity index (χ1n) is 8.31. The summed E-state index contributed by atoms with van der Waals surface area (Å²) in [6.07, 6.45) is 0.949. The van der Waals surface area contributed by atoms with E-state index in [-0.39, 0.29) is 17.9 Å². The number of nitrogens with two attached hydrogens (primary N) is 1. The molecule has 24 heavy (non-hydrogen) atoms. The zero-order chi connectivity index (χ0) is 17.2. The van der Waals surface area contributed by atoms with Gasteiger partial charge in [-0.05, 0) is 17.5 Å². The van der Waals surface area contributed by atoms with Gasteiger partial charge in [-0.25, -0.2) is 0 Å². The van der Waals surface area contributed by atoms with Crippen molar-refractivity contribution in [2.75, 3.05) is 20.2 Å². The maximum atomic E-state index is 12.1. The third-order valence-electron chi connectivity index (χ3n) is 4.15. The third-order valence-corrected chi connectivity index (χ3v) is 4.15. The van der Waals surface area contributed by atoms with Crippen LogP contribution in [-0.2, 0) is 16.0 Å². The Labute approximate surface area is 144 Å². The fourth-order valence-electron chi connectivity index (χ4n) is 2.71. The van der Waals surface area contributed by atoms with Crippen LogP contribution in [0.15, 0.2) is 60.7 Å². The van der Waals surface area contributed by atoms with Gasteiger partial charge in [-0.1, -0.05) is 60.7 Å². The van der Waals surface area contributed by atoms with Crippen molar-refractivity contribution >= 4 is 5.91 Å². The van der Waals surface area contributed by atoms with E-state index in [1.165, 1.54) is 11.1 Å². The lowest BCUT2D eigenvalue weighted by molar-refractivity contribution is -0.123. The van der Waals surface area contributed by atoms with E-state index in [4.69, 9.17) is 10.5 Å². The molecule has 0 spiro atoms. The summed E-state index contributed by atoms with van der Waals surface area (Å²) in [7, 11) is 1.58. The largest absolute Gasteiger partial charge is 0.380 e. The molecule has 4 nitrogen and oxygen atoms in total. The number of carbonyl (C=O) groups excluding carboxylic acids is 1. The van der Waals surface area contributed by atoms with Gasteiger partial charge in [0.1, 0.15) is 0 Å². The van der Waals surface area contributed by atoms with Gasteiger partial charge in [-0.15, -0.1) is 0 Å². The summed E-state index contributed by atoms with van der Waals surface area (Å²) in [6.45, 7) is 0.939. The smallest absolute Gasteiger partial charge is 0.222 e. The highest BCUT2D eigenvalue weighted by Crippen LogP contribution is 2.20. The number of hydrogen-bond donors (Lipinski definition) is 2. The second-order valence-corrected chi connectivity index (χ2v) is 5.90. The number of nitrogens with one attached hydrogen (secondary N) is 1. The van der Waals surface area contributed by atoms with Crippen LogP contribution in [0.2, 0.25) is 0 Å².